The van der Waals surface area contributed by atoms with Gasteiger partial charge in [0, 0.05) is 15.7 Å². The molecule has 17 heavy (non-hydrogen) atoms. The highest BCUT2D eigenvalue weighted by molar-refractivity contribution is 7.99. The molecule has 3 nitrogen and oxygen atoms in total. The quantitative estimate of drug-likeness (QED) is 0.670. The maximum absolute atomic E-state index is 11.1. The summed E-state index contributed by atoms with van der Waals surface area (Å²) in [6.07, 6.45) is 0.528. The Labute approximate surface area is 115 Å². The SMILES string of the molecule is COC(=O)C(N)CCSc1cc(Cl)ccc1Cl. The lowest BCUT2D eigenvalue weighted by Crippen LogP contribution is -2.31. The van der Waals surface area contributed by atoms with Gasteiger partial charge in [0.2, 0.25) is 0 Å². The van der Waals surface area contributed by atoms with Crippen LogP contribution in [0, 0.1) is 0 Å². The third-order valence-electron chi connectivity index (χ3n) is 2.08. The second-order valence-electron chi connectivity index (χ2n) is 3.34. The number of rotatable bonds is 5. The number of ether oxygens (including phenoxy) is 1. The van der Waals surface area contributed by atoms with Crippen molar-refractivity contribution in [2.45, 2.75) is 17.4 Å². The summed E-state index contributed by atoms with van der Waals surface area (Å²) in [5.41, 5.74) is 5.61. The number of esters is 1. The van der Waals surface area contributed by atoms with E-state index in [1.165, 1.54) is 18.9 Å². The Morgan fingerprint density at radius 2 is 2.24 bits per heavy atom. The lowest BCUT2D eigenvalue weighted by atomic mass is 10.2. The zero-order valence-corrected chi connectivity index (χ0v) is 11.6. The zero-order valence-electron chi connectivity index (χ0n) is 9.28. The second-order valence-corrected chi connectivity index (χ2v) is 5.32. The average molecular weight is 294 g/mol. The van der Waals surface area contributed by atoms with Crippen LogP contribution in [-0.2, 0) is 9.53 Å². The fraction of sp³-hybridized carbons (Fsp3) is 0.364. The van der Waals surface area contributed by atoms with Crippen LogP contribution in [0.1, 0.15) is 6.42 Å². The van der Waals surface area contributed by atoms with Crippen LogP contribution in [0.4, 0.5) is 0 Å². The molecule has 0 bridgehead atoms. The van der Waals surface area contributed by atoms with Crippen LogP contribution in [-0.4, -0.2) is 24.9 Å². The number of nitrogens with two attached hydrogens (primary N) is 1. The summed E-state index contributed by atoms with van der Waals surface area (Å²) in [5, 5.41) is 1.28. The summed E-state index contributed by atoms with van der Waals surface area (Å²) >= 11 is 13.4. The Bertz CT molecular complexity index is 401. The monoisotopic (exact) mass is 293 g/mol. The van der Waals surface area contributed by atoms with E-state index >= 15 is 0 Å². The van der Waals surface area contributed by atoms with Gasteiger partial charge in [-0.25, -0.2) is 0 Å². The molecule has 94 valence electrons. The summed E-state index contributed by atoms with van der Waals surface area (Å²) in [7, 11) is 1.32. The van der Waals surface area contributed by atoms with Crippen molar-refractivity contribution in [2.24, 2.45) is 5.73 Å². The molecule has 1 unspecified atom stereocenters. The Hall–Kier alpha value is -0.420. The smallest absolute Gasteiger partial charge is 0.322 e. The van der Waals surface area contributed by atoms with Gasteiger partial charge >= 0.3 is 5.97 Å². The molecule has 0 fully saturated rings. The van der Waals surface area contributed by atoms with Crippen LogP contribution in [0.3, 0.4) is 0 Å². The molecule has 0 radical (unpaired) electrons. The molecule has 0 aliphatic rings. The van der Waals surface area contributed by atoms with E-state index in [1.54, 1.807) is 18.2 Å². The van der Waals surface area contributed by atoms with Crippen molar-refractivity contribution in [2.75, 3.05) is 12.9 Å². The molecular formula is C11H13Cl2NO2S. The average Bonchev–Trinajstić information content (AvgIpc) is 2.32. The van der Waals surface area contributed by atoms with Gasteiger partial charge in [0.15, 0.2) is 0 Å². The molecule has 0 saturated carbocycles. The molecule has 0 heterocycles. The molecule has 2 N–H and O–H groups in total. The van der Waals surface area contributed by atoms with Crippen molar-refractivity contribution >= 4 is 40.9 Å². The van der Waals surface area contributed by atoms with E-state index in [-0.39, 0.29) is 0 Å². The van der Waals surface area contributed by atoms with E-state index in [4.69, 9.17) is 28.9 Å². The first-order chi connectivity index (χ1) is 8.04. The lowest BCUT2D eigenvalue weighted by Gasteiger charge is -2.09. The van der Waals surface area contributed by atoms with E-state index in [1.807, 2.05) is 0 Å². The molecule has 0 spiro atoms. The van der Waals surface area contributed by atoms with Gasteiger partial charge in [-0.2, -0.15) is 0 Å². The number of halogens is 2. The third kappa shape index (κ3) is 4.76. The van der Waals surface area contributed by atoms with Gasteiger partial charge in [-0.3, -0.25) is 4.79 Å². The topological polar surface area (TPSA) is 52.3 Å². The predicted octanol–water partition coefficient (Wildman–Crippen LogP) is 2.98. The normalized spacial score (nSPS) is 12.2. The van der Waals surface area contributed by atoms with Crippen molar-refractivity contribution in [3.8, 4) is 0 Å². The maximum Gasteiger partial charge on any atom is 0.322 e. The Balaban J connectivity index is 2.45. The first-order valence-corrected chi connectivity index (χ1v) is 6.70. The van der Waals surface area contributed by atoms with Gasteiger partial charge in [0.05, 0.1) is 12.1 Å². The van der Waals surface area contributed by atoms with E-state index in [9.17, 15) is 4.79 Å². The number of hydrogen-bond acceptors (Lipinski definition) is 4. The molecule has 1 rings (SSSR count). The molecule has 1 atom stereocenters. The molecule has 0 amide bonds. The van der Waals surface area contributed by atoms with Crippen LogP contribution in [0.2, 0.25) is 10.0 Å². The van der Waals surface area contributed by atoms with Crippen molar-refractivity contribution in [3.05, 3.63) is 28.2 Å². The van der Waals surface area contributed by atoms with Gasteiger partial charge in [-0.1, -0.05) is 23.2 Å². The molecule has 0 aliphatic carbocycles. The third-order valence-corrected chi connectivity index (χ3v) is 3.85. The summed E-state index contributed by atoms with van der Waals surface area (Å²) in [4.78, 5) is 12.0. The van der Waals surface area contributed by atoms with Crippen molar-refractivity contribution < 1.29 is 9.53 Å². The van der Waals surface area contributed by atoms with E-state index in [2.05, 4.69) is 4.74 Å². The molecule has 0 aliphatic heterocycles. The number of benzene rings is 1. The maximum atomic E-state index is 11.1. The number of hydrogen-bond donors (Lipinski definition) is 1. The number of carbonyl (C=O) groups excluding carboxylic acids is 1. The Morgan fingerprint density at radius 3 is 2.88 bits per heavy atom. The fourth-order valence-corrected chi connectivity index (χ4v) is 2.68. The summed E-state index contributed by atoms with van der Waals surface area (Å²) in [6, 6.07) is 4.67. The highest BCUT2D eigenvalue weighted by atomic mass is 35.5. The largest absolute Gasteiger partial charge is 0.468 e. The Morgan fingerprint density at radius 1 is 1.53 bits per heavy atom. The lowest BCUT2D eigenvalue weighted by molar-refractivity contribution is -0.142. The minimum atomic E-state index is -0.592. The van der Waals surface area contributed by atoms with Crippen molar-refractivity contribution in [3.63, 3.8) is 0 Å². The highest BCUT2D eigenvalue weighted by Gasteiger charge is 2.13. The minimum absolute atomic E-state index is 0.400. The Kier molecular flexibility index (Phi) is 6.12. The first kappa shape index (κ1) is 14.6. The molecule has 1 aromatic carbocycles. The van der Waals surface area contributed by atoms with Gasteiger partial charge < -0.3 is 10.5 Å². The molecular weight excluding hydrogens is 281 g/mol. The summed E-state index contributed by atoms with van der Waals surface area (Å²) < 4.78 is 4.54. The first-order valence-electron chi connectivity index (χ1n) is 4.96. The molecule has 1 aromatic rings. The zero-order chi connectivity index (χ0) is 12.8. The van der Waals surface area contributed by atoms with E-state index < -0.39 is 12.0 Å². The van der Waals surface area contributed by atoms with E-state index in [0.29, 0.717) is 22.2 Å². The van der Waals surface area contributed by atoms with Crippen molar-refractivity contribution in [1.29, 1.82) is 0 Å². The van der Waals surface area contributed by atoms with E-state index in [0.717, 1.165) is 4.90 Å². The standard InChI is InChI=1S/C11H13Cl2NO2S/c1-16-11(15)9(14)4-5-17-10-6-7(12)2-3-8(10)13/h2-3,6,9H,4-5,14H2,1H3. The number of methoxy groups -OCH3 is 1. The van der Waals surface area contributed by atoms with Crippen LogP contribution in [0.15, 0.2) is 23.1 Å². The van der Waals surface area contributed by atoms with Crippen LogP contribution in [0.25, 0.3) is 0 Å². The van der Waals surface area contributed by atoms with Gasteiger partial charge in [-0.05, 0) is 24.6 Å². The molecule has 6 heteroatoms. The minimum Gasteiger partial charge on any atom is -0.468 e. The molecule has 0 saturated heterocycles. The predicted molar refractivity (Wildman–Crippen MR) is 71.8 cm³/mol. The fourth-order valence-electron chi connectivity index (χ4n) is 1.15. The van der Waals surface area contributed by atoms with Crippen LogP contribution >= 0.6 is 35.0 Å². The molecule has 0 aromatic heterocycles. The summed E-state index contributed by atoms with van der Waals surface area (Å²) in [6.45, 7) is 0. The van der Waals surface area contributed by atoms with Gasteiger partial charge in [0.25, 0.3) is 0 Å². The second kappa shape index (κ2) is 7.11. The highest BCUT2D eigenvalue weighted by Crippen LogP contribution is 2.30. The van der Waals surface area contributed by atoms with Crippen LogP contribution in [0.5, 0.6) is 0 Å². The van der Waals surface area contributed by atoms with Gasteiger partial charge in [-0.15, -0.1) is 11.8 Å². The van der Waals surface area contributed by atoms with Crippen LogP contribution < -0.4 is 5.73 Å². The van der Waals surface area contributed by atoms with Gasteiger partial charge in [0.1, 0.15) is 6.04 Å². The number of thioether (sulfide) groups is 1. The number of carbonyl (C=O) groups is 1. The van der Waals surface area contributed by atoms with Crippen molar-refractivity contribution in [1.82, 2.24) is 0 Å². The summed E-state index contributed by atoms with van der Waals surface area (Å²) in [5.74, 6) is 0.277.